The van der Waals surface area contributed by atoms with Crippen LogP contribution in [-0.4, -0.2) is 36.9 Å². The summed E-state index contributed by atoms with van der Waals surface area (Å²) in [6.45, 7) is 1.95. The Labute approximate surface area is 93.8 Å². The molecule has 0 saturated carbocycles. The lowest BCUT2D eigenvalue weighted by Crippen LogP contribution is -2.30. The third-order valence-corrected chi connectivity index (χ3v) is 1.97. The summed E-state index contributed by atoms with van der Waals surface area (Å²) in [5, 5.41) is 18.1. The van der Waals surface area contributed by atoms with Gasteiger partial charge >= 0.3 is 13.1 Å². The molecule has 0 spiro atoms. The smallest absolute Gasteiger partial charge is 0.488 e. The van der Waals surface area contributed by atoms with Crippen LogP contribution in [0, 0.1) is 0 Å². The molecule has 1 aromatic carbocycles. The van der Waals surface area contributed by atoms with Gasteiger partial charge in [0, 0.05) is 0 Å². The average molecular weight is 224 g/mol. The number of esters is 1. The van der Waals surface area contributed by atoms with E-state index < -0.39 is 13.1 Å². The Hall–Kier alpha value is -1.53. The minimum Gasteiger partial charge on any atom is -0.497 e. The summed E-state index contributed by atoms with van der Waals surface area (Å²) in [6, 6.07) is 4.27. The average Bonchev–Trinajstić information content (AvgIpc) is 2.28. The highest BCUT2D eigenvalue weighted by atomic mass is 16.5. The van der Waals surface area contributed by atoms with Gasteiger partial charge in [0.15, 0.2) is 0 Å². The molecule has 2 N–H and O–H groups in total. The molecule has 86 valence electrons. The summed E-state index contributed by atoms with van der Waals surface area (Å²) in [5.41, 5.74) is 0.409. The van der Waals surface area contributed by atoms with Crippen LogP contribution < -0.4 is 10.2 Å². The topological polar surface area (TPSA) is 76.0 Å². The second-order valence-electron chi connectivity index (χ2n) is 3.09. The lowest BCUT2D eigenvalue weighted by Gasteiger charge is -2.08. The molecule has 1 aromatic rings. The fraction of sp³-hybridized carbons (Fsp3) is 0.300. The quantitative estimate of drug-likeness (QED) is 0.535. The normalized spacial score (nSPS) is 9.75. The molecule has 0 heterocycles. The third kappa shape index (κ3) is 2.98. The van der Waals surface area contributed by atoms with Gasteiger partial charge in [-0.15, -0.1) is 0 Å². The molecule has 16 heavy (non-hydrogen) atoms. The molecule has 0 aromatic heterocycles. The fourth-order valence-corrected chi connectivity index (χ4v) is 1.22. The second-order valence-corrected chi connectivity index (χ2v) is 3.09. The van der Waals surface area contributed by atoms with Crippen LogP contribution in [0.4, 0.5) is 0 Å². The number of methoxy groups -OCH3 is 1. The van der Waals surface area contributed by atoms with Gasteiger partial charge in [0.25, 0.3) is 0 Å². The maximum Gasteiger partial charge on any atom is 0.488 e. The van der Waals surface area contributed by atoms with Crippen molar-refractivity contribution in [2.24, 2.45) is 0 Å². The van der Waals surface area contributed by atoms with Crippen molar-refractivity contribution >= 4 is 18.6 Å². The zero-order valence-corrected chi connectivity index (χ0v) is 9.14. The van der Waals surface area contributed by atoms with E-state index in [1.54, 1.807) is 6.92 Å². The minimum atomic E-state index is -1.65. The van der Waals surface area contributed by atoms with Crippen LogP contribution >= 0.6 is 0 Å². The molecule has 0 amide bonds. The molecule has 0 radical (unpaired) electrons. The van der Waals surface area contributed by atoms with Crippen molar-refractivity contribution in [3.63, 3.8) is 0 Å². The Kier molecular flexibility index (Phi) is 4.33. The molecule has 0 fully saturated rings. The van der Waals surface area contributed by atoms with E-state index in [-0.39, 0.29) is 17.6 Å². The number of ether oxygens (including phenoxy) is 2. The van der Waals surface area contributed by atoms with Crippen LogP contribution in [0.25, 0.3) is 0 Å². The van der Waals surface area contributed by atoms with Crippen molar-refractivity contribution in [2.45, 2.75) is 6.92 Å². The van der Waals surface area contributed by atoms with E-state index in [0.29, 0.717) is 5.75 Å². The minimum absolute atomic E-state index is 0.183. The maximum absolute atomic E-state index is 11.4. The van der Waals surface area contributed by atoms with Crippen LogP contribution in [0.15, 0.2) is 18.2 Å². The van der Waals surface area contributed by atoms with Gasteiger partial charge in [0.05, 0.1) is 19.3 Å². The van der Waals surface area contributed by atoms with Gasteiger partial charge in [0.1, 0.15) is 5.75 Å². The Balaban J connectivity index is 3.08. The Morgan fingerprint density at radius 3 is 2.56 bits per heavy atom. The lowest BCUT2D eigenvalue weighted by atomic mass is 9.79. The summed E-state index contributed by atoms with van der Waals surface area (Å²) in [4.78, 5) is 11.4. The van der Waals surface area contributed by atoms with Crippen LogP contribution in [0.5, 0.6) is 5.75 Å². The maximum atomic E-state index is 11.4. The van der Waals surface area contributed by atoms with Crippen molar-refractivity contribution in [3.8, 4) is 5.75 Å². The summed E-state index contributed by atoms with van der Waals surface area (Å²) in [6.07, 6.45) is 0. The molecule has 1 rings (SSSR count). The standard InChI is InChI=1S/C10H13BO5/c1-3-16-10(12)7-4-8(11(13)14)6-9(5-7)15-2/h4-6,13-14H,3H2,1-2H3. The SMILES string of the molecule is CCOC(=O)c1cc(OC)cc(B(O)O)c1. The first kappa shape index (κ1) is 12.5. The monoisotopic (exact) mass is 224 g/mol. The van der Waals surface area contributed by atoms with Gasteiger partial charge in [-0.25, -0.2) is 4.79 Å². The van der Waals surface area contributed by atoms with E-state index in [1.165, 1.54) is 25.3 Å². The summed E-state index contributed by atoms with van der Waals surface area (Å²) in [7, 11) is -0.221. The molecule has 0 aliphatic heterocycles. The van der Waals surface area contributed by atoms with Gasteiger partial charge < -0.3 is 19.5 Å². The Morgan fingerprint density at radius 1 is 1.38 bits per heavy atom. The molecule has 5 nitrogen and oxygen atoms in total. The number of carbonyl (C=O) groups excluding carboxylic acids is 1. The largest absolute Gasteiger partial charge is 0.497 e. The number of benzene rings is 1. The highest BCUT2D eigenvalue weighted by Gasteiger charge is 2.16. The molecule has 0 aliphatic rings. The van der Waals surface area contributed by atoms with Crippen molar-refractivity contribution in [1.29, 1.82) is 0 Å². The molecule has 0 bridgehead atoms. The van der Waals surface area contributed by atoms with Crippen LogP contribution in [0.3, 0.4) is 0 Å². The number of carbonyl (C=O) groups is 1. The molecule has 6 heteroatoms. The van der Waals surface area contributed by atoms with E-state index in [9.17, 15) is 4.79 Å². The van der Waals surface area contributed by atoms with Crippen molar-refractivity contribution in [3.05, 3.63) is 23.8 Å². The number of hydrogen-bond donors (Lipinski definition) is 2. The molecule has 0 saturated heterocycles. The van der Waals surface area contributed by atoms with E-state index in [0.717, 1.165) is 0 Å². The van der Waals surface area contributed by atoms with Crippen LogP contribution in [0.2, 0.25) is 0 Å². The lowest BCUT2D eigenvalue weighted by molar-refractivity contribution is 0.0526. The highest BCUT2D eigenvalue weighted by molar-refractivity contribution is 6.58. The number of rotatable bonds is 4. The van der Waals surface area contributed by atoms with Gasteiger partial charge in [-0.1, -0.05) is 0 Å². The van der Waals surface area contributed by atoms with Crippen molar-refractivity contribution in [2.75, 3.05) is 13.7 Å². The van der Waals surface area contributed by atoms with Gasteiger partial charge in [-0.05, 0) is 30.6 Å². The van der Waals surface area contributed by atoms with E-state index in [1.807, 2.05) is 0 Å². The fourth-order valence-electron chi connectivity index (χ4n) is 1.22. The summed E-state index contributed by atoms with van der Waals surface area (Å²) < 4.78 is 9.75. The van der Waals surface area contributed by atoms with E-state index in [4.69, 9.17) is 19.5 Å². The predicted octanol–water partition coefficient (Wildman–Crippen LogP) is -0.448. The zero-order chi connectivity index (χ0) is 12.1. The first-order chi connectivity index (χ1) is 7.58. The van der Waals surface area contributed by atoms with Crippen LogP contribution in [0.1, 0.15) is 17.3 Å². The first-order valence-electron chi connectivity index (χ1n) is 4.80. The Morgan fingerprint density at radius 2 is 2.06 bits per heavy atom. The van der Waals surface area contributed by atoms with Crippen molar-refractivity contribution in [1.82, 2.24) is 0 Å². The van der Waals surface area contributed by atoms with Gasteiger partial charge in [-0.2, -0.15) is 0 Å². The van der Waals surface area contributed by atoms with Crippen molar-refractivity contribution < 1.29 is 24.3 Å². The molecular weight excluding hydrogens is 211 g/mol. The Bertz CT molecular complexity index is 377. The highest BCUT2D eigenvalue weighted by Crippen LogP contribution is 2.12. The third-order valence-electron chi connectivity index (χ3n) is 1.97. The second kappa shape index (κ2) is 5.53. The molecular formula is C10H13BO5. The van der Waals surface area contributed by atoms with Gasteiger partial charge in [-0.3, -0.25) is 0 Å². The predicted molar refractivity (Wildman–Crippen MR) is 58.8 cm³/mol. The molecule has 0 aliphatic carbocycles. The van der Waals surface area contributed by atoms with E-state index in [2.05, 4.69) is 0 Å². The number of hydrogen-bond acceptors (Lipinski definition) is 5. The van der Waals surface area contributed by atoms with Crippen LogP contribution in [-0.2, 0) is 4.74 Å². The molecule has 0 atom stereocenters. The summed E-state index contributed by atoms with van der Waals surface area (Å²) >= 11 is 0. The first-order valence-corrected chi connectivity index (χ1v) is 4.80. The van der Waals surface area contributed by atoms with E-state index >= 15 is 0 Å². The molecule has 0 unspecified atom stereocenters. The zero-order valence-electron chi connectivity index (χ0n) is 9.14. The summed E-state index contributed by atoms with van der Waals surface area (Å²) in [5.74, 6) is -0.156. The van der Waals surface area contributed by atoms with Gasteiger partial charge in [0.2, 0.25) is 0 Å².